The lowest BCUT2D eigenvalue weighted by Gasteiger charge is -2.46. The first-order valence-corrected chi connectivity index (χ1v) is 30.2. The second-order valence-corrected chi connectivity index (χ2v) is 31.2. The van der Waals surface area contributed by atoms with Crippen molar-refractivity contribution in [3.05, 3.63) is 197 Å². The highest BCUT2D eigenvalue weighted by Gasteiger charge is 2.46. The molecule has 0 saturated carbocycles. The number of fused-ring (bicyclic) bond motifs is 6. The number of hydrogen-bond donors (Lipinski definition) is 0. The fourth-order valence-corrected chi connectivity index (χ4v) is 12.4. The van der Waals surface area contributed by atoms with Gasteiger partial charge in [0.25, 0.3) is 6.71 Å². The Labute approximate surface area is 493 Å². The predicted molar refractivity (Wildman–Crippen MR) is 357 cm³/mol. The third-order valence-electron chi connectivity index (χ3n) is 17.7. The number of benzene rings is 8. The molecule has 82 heavy (non-hydrogen) atoms. The Hall–Kier alpha value is -7.11. The summed E-state index contributed by atoms with van der Waals surface area (Å²) in [6, 6.07) is 61.6. The second-order valence-electron chi connectivity index (χ2n) is 31.2. The Morgan fingerprint density at radius 2 is 0.793 bits per heavy atom. The fourth-order valence-electron chi connectivity index (χ4n) is 12.4. The lowest BCUT2D eigenvalue weighted by molar-refractivity contribution is 0.568. The highest BCUT2D eigenvalue weighted by atomic mass is 15.2. The standard InChI is InChI=1S/C77H89BN4/c1-71(2,3)50-29-27-48(28-30-50)59-44-52(73(7,8)9)33-38-62(59)82-63-39-34-53(74(10,11)12)45-61(63)78-60-37-40-64-68(79-70(49-25-23-22-24-26-49)81(64)57-35-31-51(32-36-57)72(4,5)6)69(60)80(65-46-56(77(19,20)21)47-66(82)67(65)78)58-42-54(75(13,14)15)41-55(43-58)76(16,17)18/h22-47H,1-21H3. The molecular weight excluding hydrogens is 992 g/mol. The average molecular weight is 1080 g/mol. The van der Waals surface area contributed by atoms with Gasteiger partial charge in [0, 0.05) is 39.6 Å². The summed E-state index contributed by atoms with van der Waals surface area (Å²) in [5, 5.41) is 0. The number of nitrogens with zero attached hydrogens (tertiary/aromatic N) is 4. The van der Waals surface area contributed by atoms with Gasteiger partial charge >= 0.3 is 0 Å². The van der Waals surface area contributed by atoms with Gasteiger partial charge in [0.05, 0.1) is 16.9 Å². The van der Waals surface area contributed by atoms with Crippen molar-refractivity contribution < 1.29 is 0 Å². The van der Waals surface area contributed by atoms with E-state index in [9.17, 15) is 0 Å². The molecule has 0 bridgehead atoms. The molecule has 0 saturated heterocycles. The lowest BCUT2D eigenvalue weighted by Crippen LogP contribution is -2.61. The normalized spacial score (nSPS) is 14.1. The van der Waals surface area contributed by atoms with Gasteiger partial charge in [-0.1, -0.05) is 242 Å². The number of aromatic nitrogens is 2. The average Bonchev–Trinajstić information content (AvgIpc) is 1.22. The molecule has 0 radical (unpaired) electrons. The zero-order valence-electron chi connectivity index (χ0n) is 53.4. The number of imidazole rings is 1. The molecule has 0 amide bonds. The maximum atomic E-state index is 6.00. The molecule has 11 rings (SSSR count). The van der Waals surface area contributed by atoms with E-state index in [1.54, 1.807) is 0 Å². The van der Waals surface area contributed by atoms with Gasteiger partial charge in [-0.2, -0.15) is 0 Å². The van der Waals surface area contributed by atoms with E-state index in [-0.39, 0.29) is 44.6 Å². The summed E-state index contributed by atoms with van der Waals surface area (Å²) in [6.45, 7) is 49.0. The molecule has 1 aromatic heterocycles. The van der Waals surface area contributed by atoms with E-state index in [1.807, 2.05) is 0 Å². The maximum absolute atomic E-state index is 6.00. The van der Waals surface area contributed by atoms with E-state index < -0.39 is 0 Å². The highest BCUT2D eigenvalue weighted by molar-refractivity contribution is 7.00. The molecule has 9 aromatic rings. The van der Waals surface area contributed by atoms with Crippen LogP contribution in [0.2, 0.25) is 0 Å². The Kier molecular flexibility index (Phi) is 13.3. The van der Waals surface area contributed by atoms with Crippen molar-refractivity contribution in [2.75, 3.05) is 9.80 Å². The van der Waals surface area contributed by atoms with Crippen molar-refractivity contribution >= 4 is 68.3 Å². The van der Waals surface area contributed by atoms with Crippen molar-refractivity contribution in [3.8, 4) is 28.2 Å². The van der Waals surface area contributed by atoms with Gasteiger partial charge in [-0.3, -0.25) is 4.57 Å². The second kappa shape index (κ2) is 19.2. The maximum Gasteiger partial charge on any atom is 0.252 e. The zero-order valence-corrected chi connectivity index (χ0v) is 53.4. The molecule has 8 aromatic carbocycles. The summed E-state index contributed by atoms with van der Waals surface area (Å²) in [6.07, 6.45) is 0. The molecule has 0 aliphatic carbocycles. The Morgan fingerprint density at radius 3 is 1.32 bits per heavy atom. The van der Waals surface area contributed by atoms with Crippen LogP contribution in [-0.4, -0.2) is 16.3 Å². The van der Waals surface area contributed by atoms with Gasteiger partial charge in [-0.25, -0.2) is 4.98 Å². The van der Waals surface area contributed by atoms with Crippen LogP contribution in [0.3, 0.4) is 0 Å². The molecule has 0 spiro atoms. The molecule has 5 heteroatoms. The number of anilines is 6. The summed E-state index contributed by atoms with van der Waals surface area (Å²) < 4.78 is 2.42. The van der Waals surface area contributed by atoms with E-state index in [1.165, 1.54) is 89.2 Å². The molecule has 0 N–H and O–H groups in total. The lowest BCUT2D eigenvalue weighted by atomic mass is 9.33. The van der Waals surface area contributed by atoms with E-state index >= 15 is 0 Å². The molecule has 4 nitrogen and oxygen atoms in total. The minimum atomic E-state index is -0.214. The predicted octanol–water partition coefficient (Wildman–Crippen LogP) is 19.5. The van der Waals surface area contributed by atoms with Crippen molar-refractivity contribution in [1.29, 1.82) is 0 Å². The molecule has 2 aliphatic heterocycles. The van der Waals surface area contributed by atoms with Crippen LogP contribution in [0, 0.1) is 0 Å². The number of rotatable bonds is 5. The summed E-state index contributed by atoms with van der Waals surface area (Å²) in [4.78, 5) is 11.3. The quantitative estimate of drug-likeness (QED) is 0.161. The van der Waals surface area contributed by atoms with E-state index in [0.717, 1.165) is 39.5 Å². The van der Waals surface area contributed by atoms with Crippen molar-refractivity contribution in [2.45, 2.75) is 183 Å². The van der Waals surface area contributed by atoms with Crippen LogP contribution < -0.4 is 26.2 Å². The Bertz CT molecular complexity index is 3900. The summed E-state index contributed by atoms with van der Waals surface area (Å²) in [5.74, 6) is 0.924. The van der Waals surface area contributed by atoms with Gasteiger partial charge in [-0.05, 0) is 159 Å². The monoisotopic (exact) mass is 1080 g/mol. The summed E-state index contributed by atoms with van der Waals surface area (Å²) in [7, 11) is 0. The topological polar surface area (TPSA) is 24.3 Å². The first kappa shape index (κ1) is 56.7. The van der Waals surface area contributed by atoms with Crippen LogP contribution in [0.4, 0.5) is 34.1 Å². The molecule has 0 fully saturated rings. The Morgan fingerprint density at radius 1 is 0.329 bits per heavy atom. The van der Waals surface area contributed by atoms with Gasteiger partial charge in [-0.15, -0.1) is 0 Å². The summed E-state index contributed by atoms with van der Waals surface area (Å²) >= 11 is 0. The molecule has 420 valence electrons. The van der Waals surface area contributed by atoms with Crippen LogP contribution >= 0.6 is 0 Å². The van der Waals surface area contributed by atoms with Gasteiger partial charge in [0.1, 0.15) is 11.3 Å². The van der Waals surface area contributed by atoms with E-state index in [2.05, 4.69) is 317 Å². The molecule has 3 heterocycles. The molecular formula is C77H89BN4. The first-order chi connectivity index (χ1) is 38.1. The first-order valence-electron chi connectivity index (χ1n) is 30.2. The minimum absolute atomic E-state index is 0.0108. The van der Waals surface area contributed by atoms with Gasteiger partial charge < -0.3 is 9.80 Å². The van der Waals surface area contributed by atoms with Crippen molar-refractivity contribution in [1.82, 2.24) is 9.55 Å². The fraction of sp³-hybridized carbons (Fsp3) is 0.364. The molecule has 0 unspecified atom stereocenters. The minimum Gasteiger partial charge on any atom is -0.311 e. The third kappa shape index (κ3) is 10.0. The number of hydrogen-bond acceptors (Lipinski definition) is 3. The van der Waals surface area contributed by atoms with Crippen LogP contribution in [-0.2, 0) is 37.9 Å². The van der Waals surface area contributed by atoms with Crippen LogP contribution in [0.5, 0.6) is 0 Å². The van der Waals surface area contributed by atoms with Gasteiger partial charge in [0.15, 0.2) is 0 Å². The molecule has 0 atom stereocenters. The smallest absolute Gasteiger partial charge is 0.252 e. The Balaban J connectivity index is 1.32. The van der Waals surface area contributed by atoms with Crippen LogP contribution in [0.15, 0.2) is 158 Å². The van der Waals surface area contributed by atoms with Crippen LogP contribution in [0.1, 0.15) is 184 Å². The zero-order chi connectivity index (χ0) is 59.2. The van der Waals surface area contributed by atoms with Crippen molar-refractivity contribution in [2.24, 2.45) is 0 Å². The van der Waals surface area contributed by atoms with E-state index in [4.69, 9.17) is 4.98 Å². The van der Waals surface area contributed by atoms with Crippen molar-refractivity contribution in [3.63, 3.8) is 0 Å². The largest absolute Gasteiger partial charge is 0.311 e. The summed E-state index contributed by atoms with van der Waals surface area (Å²) in [5.41, 5.74) is 26.2. The van der Waals surface area contributed by atoms with Gasteiger partial charge in [0.2, 0.25) is 0 Å². The van der Waals surface area contributed by atoms with E-state index in [0.29, 0.717) is 0 Å². The third-order valence-corrected chi connectivity index (χ3v) is 17.7. The van der Waals surface area contributed by atoms with Crippen LogP contribution in [0.25, 0.3) is 39.2 Å². The molecule has 2 aliphatic rings. The SMILES string of the molecule is CC(C)(C)c1ccc(-c2cc(C(C)(C)C)ccc2N2c3ccc(C(C)(C)C)cc3B3c4ccc5c(nc(-c6ccccc6)n5-c5ccc(C(C)(C)C)cc5)c4N(c4cc(C(C)(C)C)cc(C(C)(C)C)c4)c4cc(C(C)(C)C)cc2c43)cc1. The highest BCUT2D eigenvalue weighted by Crippen LogP contribution is 2.52.